The lowest BCUT2D eigenvalue weighted by Gasteiger charge is -2.27. The van der Waals surface area contributed by atoms with E-state index in [1.807, 2.05) is 96.3 Å². The lowest BCUT2D eigenvalue weighted by molar-refractivity contribution is -0.177. The Kier molecular flexibility index (Phi) is 25.6. The molecule has 4 aliphatic rings. The maximum Gasteiger partial charge on any atom is 0.263 e. The Morgan fingerprint density at radius 2 is 1.36 bits per heavy atom. The van der Waals surface area contributed by atoms with E-state index in [4.69, 9.17) is 30.0 Å². The molecule has 77 heavy (non-hydrogen) atoms. The van der Waals surface area contributed by atoms with E-state index in [1.165, 1.54) is 37.7 Å². The van der Waals surface area contributed by atoms with Crippen LogP contribution in [0.3, 0.4) is 0 Å². The quantitative estimate of drug-likeness (QED) is 0.0251. The normalized spacial score (nSPS) is 19.1. The summed E-state index contributed by atoms with van der Waals surface area (Å²) in [5.41, 5.74) is 15.8. The van der Waals surface area contributed by atoms with Crippen LogP contribution in [0.5, 0.6) is 11.5 Å². The second-order valence-electron chi connectivity index (χ2n) is 21.2. The van der Waals surface area contributed by atoms with E-state index in [0.717, 1.165) is 86.3 Å². The molecule has 0 bridgehead atoms. The third-order valence-corrected chi connectivity index (χ3v) is 13.8. The Labute approximate surface area is 461 Å². The Bertz CT molecular complexity index is 2670. The maximum absolute atomic E-state index is 11.9. The van der Waals surface area contributed by atoms with Crippen LogP contribution in [-0.4, -0.2) is 76.7 Å². The highest BCUT2D eigenvalue weighted by molar-refractivity contribution is 6.00. The molecule has 2 atom stereocenters. The second-order valence-corrected chi connectivity index (χ2v) is 21.2. The molecule has 0 radical (unpaired) electrons. The molecule has 416 valence electrons. The van der Waals surface area contributed by atoms with Crippen molar-refractivity contribution >= 4 is 48.4 Å². The average Bonchev–Trinajstić information content (AvgIpc) is 4.07. The SMILES string of the molecule is C=C(CCCC#Cc1cc(COc2cc(N=CC3C/C(=C\C)CN3C=O)c(C)cc2C)cc(COc2cc(N=CC3(N)C/C(=C\C)CN3C=O)c(C)cc2C)c1)ON1C(=O)CCC1=O.CC1CCC1.CCC.CCC(C)C. The number of imide groups is 1. The highest BCUT2D eigenvalue weighted by Crippen LogP contribution is 2.33. The van der Waals surface area contributed by atoms with E-state index in [0.29, 0.717) is 61.7 Å². The molecule has 3 saturated heterocycles. The zero-order valence-corrected chi connectivity index (χ0v) is 48.4. The number of hydrogen-bond acceptors (Lipinski definition) is 10. The van der Waals surface area contributed by atoms with Crippen LogP contribution in [0.15, 0.2) is 88.1 Å². The predicted molar refractivity (Wildman–Crippen MR) is 312 cm³/mol. The number of hydroxylamine groups is 2. The minimum atomic E-state index is -1.02. The number of rotatable bonds is 18. The van der Waals surface area contributed by atoms with E-state index in [9.17, 15) is 19.2 Å². The zero-order valence-electron chi connectivity index (χ0n) is 48.4. The van der Waals surface area contributed by atoms with Crippen LogP contribution in [0.4, 0.5) is 11.4 Å². The van der Waals surface area contributed by atoms with Crippen molar-refractivity contribution in [3.05, 3.63) is 117 Å². The van der Waals surface area contributed by atoms with Gasteiger partial charge in [-0.2, -0.15) is 0 Å². The highest BCUT2D eigenvalue weighted by Gasteiger charge is 2.38. The molecular weight excluding hydrogens is 965 g/mol. The molecule has 3 heterocycles. The number of allylic oxidation sites excluding steroid dienone is 3. The summed E-state index contributed by atoms with van der Waals surface area (Å²) in [5.74, 6) is 9.45. The Balaban J connectivity index is 0.000000874. The molecule has 1 aliphatic carbocycles. The topological polar surface area (TPSA) is 156 Å². The summed E-state index contributed by atoms with van der Waals surface area (Å²) >= 11 is 0. The molecule has 3 aromatic rings. The fraction of sp³-hybridized carbons (Fsp3) is 0.500. The number of benzene rings is 3. The minimum absolute atomic E-state index is 0.101. The van der Waals surface area contributed by atoms with Crippen LogP contribution in [0.2, 0.25) is 0 Å². The van der Waals surface area contributed by atoms with Crippen LogP contribution in [0.25, 0.3) is 0 Å². The summed E-state index contributed by atoms with van der Waals surface area (Å²) in [5, 5.41) is 0.801. The van der Waals surface area contributed by atoms with E-state index in [2.05, 4.69) is 66.0 Å². The monoisotopic (exact) mass is 1050 g/mol. The van der Waals surface area contributed by atoms with Gasteiger partial charge in [-0.1, -0.05) is 127 Å². The van der Waals surface area contributed by atoms with E-state index in [1.54, 1.807) is 16.0 Å². The number of carbonyl (C=O) groups excluding carboxylic acids is 4. The number of likely N-dealkylation sites (tertiary alicyclic amines) is 2. The van der Waals surface area contributed by atoms with Crippen LogP contribution >= 0.6 is 0 Å². The molecule has 4 amide bonds. The molecule has 13 nitrogen and oxygen atoms in total. The molecule has 3 aromatic carbocycles. The van der Waals surface area contributed by atoms with Gasteiger partial charge in [-0.05, 0) is 118 Å². The van der Waals surface area contributed by atoms with Gasteiger partial charge in [0, 0.05) is 75.3 Å². The summed E-state index contributed by atoms with van der Waals surface area (Å²) in [7, 11) is 0. The molecule has 13 heteroatoms. The van der Waals surface area contributed by atoms with Gasteiger partial charge in [-0.25, -0.2) is 0 Å². The molecule has 4 fully saturated rings. The number of amides is 4. The Hall–Kier alpha value is -6.78. The van der Waals surface area contributed by atoms with Gasteiger partial charge >= 0.3 is 0 Å². The van der Waals surface area contributed by atoms with Crippen molar-refractivity contribution < 1.29 is 33.5 Å². The number of aliphatic imine (C=N–C) groups is 2. The van der Waals surface area contributed by atoms with Crippen molar-refractivity contribution in [2.45, 2.75) is 185 Å². The molecular formula is C64H88N6O7. The van der Waals surface area contributed by atoms with Crippen molar-refractivity contribution in [3.8, 4) is 23.3 Å². The minimum Gasteiger partial charge on any atom is -0.489 e. The highest BCUT2D eigenvalue weighted by atomic mass is 16.7. The summed E-state index contributed by atoms with van der Waals surface area (Å²) in [4.78, 5) is 65.7. The first kappa shape index (κ1) is 62.8. The number of aryl methyl sites for hydroxylation is 4. The van der Waals surface area contributed by atoms with E-state index >= 15 is 0 Å². The molecule has 0 aromatic heterocycles. The molecule has 1 saturated carbocycles. The molecule has 2 N–H and O–H groups in total. The predicted octanol–water partition coefficient (Wildman–Crippen LogP) is 13.5. The zero-order chi connectivity index (χ0) is 56.7. The van der Waals surface area contributed by atoms with Crippen LogP contribution < -0.4 is 15.2 Å². The van der Waals surface area contributed by atoms with Crippen molar-refractivity contribution in [1.82, 2.24) is 14.9 Å². The fourth-order valence-corrected chi connectivity index (χ4v) is 8.49. The number of unbranched alkanes of at least 4 members (excludes halogenated alkanes) is 1. The van der Waals surface area contributed by atoms with Crippen molar-refractivity contribution in [2.75, 3.05) is 13.1 Å². The first-order valence-electron chi connectivity index (χ1n) is 27.7. The van der Waals surface area contributed by atoms with Gasteiger partial charge in [0.2, 0.25) is 12.8 Å². The van der Waals surface area contributed by atoms with E-state index < -0.39 is 5.66 Å². The molecule has 7 rings (SSSR count). The molecule has 3 aliphatic heterocycles. The van der Waals surface area contributed by atoms with Gasteiger partial charge in [-0.3, -0.25) is 29.2 Å². The Morgan fingerprint density at radius 3 is 1.84 bits per heavy atom. The lowest BCUT2D eigenvalue weighted by atomic mass is 9.88. The third-order valence-electron chi connectivity index (χ3n) is 13.8. The first-order valence-corrected chi connectivity index (χ1v) is 27.7. The third kappa shape index (κ3) is 19.6. The number of hydrogen-bond donors (Lipinski definition) is 1. The van der Waals surface area contributed by atoms with Gasteiger partial charge in [0.15, 0.2) is 0 Å². The summed E-state index contributed by atoms with van der Waals surface area (Å²) in [6.07, 6.45) is 19.3. The maximum atomic E-state index is 11.9. The Morgan fingerprint density at radius 1 is 0.818 bits per heavy atom. The molecule has 0 spiro atoms. The standard InChI is InChI=1S/C51H58N6O7.C5H10.C5H12.C3H8/c1-8-39-22-44(55(27-39)32-58)26-53-45-23-47(36(5)17-34(45)3)62-29-42-19-41(14-12-10-11-13-38(7)64-57-49(60)15-16-50(57)61)20-43(21-42)30-63-48-24-46(35(4)18-37(48)6)54-31-51(52)25-40(9-2)28-56(51)33-59;1-5-3-2-4-5;1-4-5(2)3;1-3-2/h8-9,17-21,23-24,26,31-33,44H,7,10-11,13,15-16,22,25,27-30,52H2,1-6H3;5H,2-4H2,1H3;5H,4H2,1-3H3;3H2,1-2H3/b39-8+,40-9+,53-26?,54-31?;;;. The fourth-order valence-electron chi connectivity index (χ4n) is 8.49. The van der Waals surface area contributed by atoms with Gasteiger partial charge in [0.05, 0.1) is 17.4 Å². The van der Waals surface area contributed by atoms with Gasteiger partial charge in [-0.15, -0.1) is 5.06 Å². The second kappa shape index (κ2) is 31.4. The average molecular weight is 1050 g/mol. The van der Waals surface area contributed by atoms with Crippen LogP contribution in [0.1, 0.15) is 171 Å². The summed E-state index contributed by atoms with van der Waals surface area (Å²) in [6.45, 7) is 30.6. The number of nitrogens with zero attached hydrogens (tertiary/aromatic N) is 5. The van der Waals surface area contributed by atoms with E-state index in [-0.39, 0.29) is 43.9 Å². The van der Waals surface area contributed by atoms with Gasteiger partial charge < -0.3 is 29.8 Å². The smallest absolute Gasteiger partial charge is 0.263 e. The van der Waals surface area contributed by atoms with Crippen LogP contribution in [-0.2, 0) is 37.2 Å². The van der Waals surface area contributed by atoms with Crippen molar-refractivity contribution in [2.24, 2.45) is 27.6 Å². The lowest BCUT2D eigenvalue weighted by Crippen LogP contribution is -2.52. The number of nitrogens with two attached hydrogens (primary N) is 1. The summed E-state index contributed by atoms with van der Waals surface area (Å²) < 4.78 is 12.9. The number of carbonyl (C=O) groups is 4. The van der Waals surface area contributed by atoms with Crippen molar-refractivity contribution in [3.63, 3.8) is 0 Å². The van der Waals surface area contributed by atoms with Gasteiger partial charge in [0.1, 0.15) is 36.1 Å². The van der Waals surface area contributed by atoms with Crippen molar-refractivity contribution in [1.29, 1.82) is 0 Å². The molecule has 2 unspecified atom stereocenters. The van der Waals surface area contributed by atoms with Crippen LogP contribution in [0, 0.1) is 51.4 Å². The number of ether oxygens (including phenoxy) is 2. The first-order chi connectivity index (χ1) is 36.8. The van der Waals surface area contributed by atoms with Gasteiger partial charge in [0.25, 0.3) is 11.8 Å². The summed E-state index contributed by atoms with van der Waals surface area (Å²) in [6, 6.07) is 13.8. The largest absolute Gasteiger partial charge is 0.489 e.